The number of rotatable bonds is 8. The smallest absolute Gasteiger partial charge is 0.325 e. The molecular formula is C15H23NO2S. The third kappa shape index (κ3) is 4.55. The van der Waals surface area contributed by atoms with Crippen LogP contribution in [0.4, 0.5) is 0 Å². The predicted molar refractivity (Wildman–Crippen MR) is 80.8 cm³/mol. The van der Waals surface area contributed by atoms with Crippen LogP contribution in [-0.4, -0.2) is 35.3 Å². The largest absolute Gasteiger partial charge is 0.480 e. The number of aliphatic carboxylic acids is 1. The first-order chi connectivity index (χ1) is 9.13. The van der Waals surface area contributed by atoms with Crippen LogP contribution in [0.25, 0.3) is 0 Å². The van der Waals surface area contributed by atoms with Gasteiger partial charge in [-0.15, -0.1) is 11.8 Å². The molecule has 1 aromatic carbocycles. The first-order valence-corrected chi connectivity index (χ1v) is 7.97. The van der Waals surface area contributed by atoms with Gasteiger partial charge >= 0.3 is 5.97 Å². The van der Waals surface area contributed by atoms with Gasteiger partial charge in [0.15, 0.2) is 0 Å². The molecule has 3 nitrogen and oxygen atoms in total. The maximum Gasteiger partial charge on any atom is 0.325 e. The van der Waals surface area contributed by atoms with Gasteiger partial charge in [-0.05, 0) is 43.5 Å². The molecule has 0 aliphatic rings. The average Bonchev–Trinajstić information content (AvgIpc) is 2.43. The Kier molecular flexibility index (Phi) is 6.95. The highest BCUT2D eigenvalue weighted by atomic mass is 32.2. The van der Waals surface area contributed by atoms with Crippen molar-refractivity contribution in [1.29, 1.82) is 0 Å². The second-order valence-electron chi connectivity index (χ2n) is 4.50. The fourth-order valence-corrected chi connectivity index (χ4v) is 2.54. The molecule has 1 atom stereocenters. The first-order valence-electron chi connectivity index (χ1n) is 6.74. The Morgan fingerprint density at radius 3 is 2.37 bits per heavy atom. The fraction of sp³-hybridized carbons (Fsp3) is 0.533. The molecule has 0 aromatic heterocycles. The minimum absolute atomic E-state index is 0.535. The lowest BCUT2D eigenvalue weighted by Crippen LogP contribution is -2.34. The summed E-state index contributed by atoms with van der Waals surface area (Å²) in [5.41, 5.74) is 0.864. The Hall–Kier alpha value is -1.00. The molecular weight excluding hydrogens is 258 g/mol. The predicted octanol–water partition coefficient (Wildman–Crippen LogP) is 3.66. The molecule has 1 N–H and O–H groups in total. The fourth-order valence-electron chi connectivity index (χ4n) is 2.13. The first kappa shape index (κ1) is 16.1. The summed E-state index contributed by atoms with van der Waals surface area (Å²) >= 11 is 1.66. The minimum Gasteiger partial charge on any atom is -0.480 e. The van der Waals surface area contributed by atoms with Crippen LogP contribution < -0.4 is 0 Å². The number of carboxylic acid groups (broad SMARTS) is 1. The van der Waals surface area contributed by atoms with E-state index in [0.717, 1.165) is 36.4 Å². The molecule has 0 heterocycles. The minimum atomic E-state index is -0.769. The van der Waals surface area contributed by atoms with Crippen molar-refractivity contribution in [2.24, 2.45) is 0 Å². The number of nitrogens with zero attached hydrogens (tertiary/aromatic N) is 1. The molecule has 0 bridgehead atoms. The van der Waals surface area contributed by atoms with Crippen molar-refractivity contribution in [2.75, 3.05) is 19.3 Å². The molecule has 1 unspecified atom stereocenters. The van der Waals surface area contributed by atoms with E-state index in [1.165, 1.54) is 0 Å². The SMILES string of the molecule is CCCCN(CC)C(C(=O)O)c1ccc(SC)cc1. The highest BCUT2D eigenvalue weighted by molar-refractivity contribution is 7.98. The Morgan fingerprint density at radius 1 is 1.32 bits per heavy atom. The Morgan fingerprint density at radius 2 is 1.95 bits per heavy atom. The van der Waals surface area contributed by atoms with Crippen LogP contribution in [0.1, 0.15) is 38.3 Å². The van der Waals surface area contributed by atoms with Gasteiger partial charge in [-0.25, -0.2) is 0 Å². The van der Waals surface area contributed by atoms with Gasteiger partial charge in [-0.2, -0.15) is 0 Å². The third-order valence-corrected chi connectivity index (χ3v) is 3.98. The van der Waals surface area contributed by atoms with E-state index in [-0.39, 0.29) is 0 Å². The van der Waals surface area contributed by atoms with Gasteiger partial charge in [0, 0.05) is 4.90 Å². The lowest BCUT2D eigenvalue weighted by molar-refractivity contribution is -0.143. The second kappa shape index (κ2) is 8.23. The second-order valence-corrected chi connectivity index (χ2v) is 5.38. The molecule has 19 heavy (non-hydrogen) atoms. The maximum atomic E-state index is 11.6. The summed E-state index contributed by atoms with van der Waals surface area (Å²) in [7, 11) is 0. The molecule has 0 radical (unpaired) electrons. The summed E-state index contributed by atoms with van der Waals surface area (Å²) in [5.74, 6) is -0.769. The van der Waals surface area contributed by atoms with E-state index in [1.807, 2.05) is 42.3 Å². The van der Waals surface area contributed by atoms with Crippen LogP contribution in [0.5, 0.6) is 0 Å². The Balaban J connectivity index is 2.93. The van der Waals surface area contributed by atoms with Crippen molar-refractivity contribution in [1.82, 2.24) is 4.90 Å². The number of carboxylic acids is 1. The molecule has 0 amide bonds. The highest BCUT2D eigenvalue weighted by Gasteiger charge is 2.25. The normalized spacial score (nSPS) is 12.6. The number of unbranched alkanes of at least 4 members (excludes halogenated alkanes) is 1. The number of benzene rings is 1. The molecule has 0 aliphatic heterocycles. The standard InChI is InChI=1S/C15H23NO2S/c1-4-6-11-16(5-2)14(15(17)18)12-7-9-13(19-3)10-8-12/h7-10,14H,4-6,11H2,1-3H3,(H,17,18). The monoisotopic (exact) mass is 281 g/mol. The van der Waals surface area contributed by atoms with E-state index in [0.29, 0.717) is 0 Å². The van der Waals surface area contributed by atoms with Gasteiger partial charge in [0.05, 0.1) is 0 Å². The average molecular weight is 281 g/mol. The molecule has 0 saturated heterocycles. The lowest BCUT2D eigenvalue weighted by atomic mass is 10.0. The van der Waals surface area contributed by atoms with E-state index >= 15 is 0 Å². The number of hydrogen-bond donors (Lipinski definition) is 1. The van der Waals surface area contributed by atoms with E-state index in [2.05, 4.69) is 6.92 Å². The van der Waals surface area contributed by atoms with Crippen molar-refractivity contribution in [2.45, 2.75) is 37.6 Å². The number of hydrogen-bond acceptors (Lipinski definition) is 3. The molecule has 0 aliphatic carbocycles. The Bertz CT molecular complexity index is 392. The number of carbonyl (C=O) groups is 1. The summed E-state index contributed by atoms with van der Waals surface area (Å²) in [4.78, 5) is 14.8. The lowest BCUT2D eigenvalue weighted by Gasteiger charge is -2.27. The molecule has 106 valence electrons. The molecule has 0 saturated carbocycles. The van der Waals surface area contributed by atoms with E-state index in [9.17, 15) is 9.90 Å². The summed E-state index contributed by atoms with van der Waals surface area (Å²) in [6.45, 7) is 5.72. The van der Waals surface area contributed by atoms with Gasteiger partial charge in [-0.3, -0.25) is 9.69 Å². The van der Waals surface area contributed by atoms with Crippen molar-refractivity contribution in [3.8, 4) is 0 Å². The number of likely N-dealkylation sites (N-methyl/N-ethyl adjacent to an activating group) is 1. The third-order valence-electron chi connectivity index (χ3n) is 3.24. The van der Waals surface area contributed by atoms with Crippen LogP contribution >= 0.6 is 11.8 Å². The zero-order valence-corrected chi connectivity index (χ0v) is 12.7. The van der Waals surface area contributed by atoms with Gasteiger partial charge in [0.2, 0.25) is 0 Å². The van der Waals surface area contributed by atoms with E-state index in [4.69, 9.17) is 0 Å². The maximum absolute atomic E-state index is 11.6. The molecule has 4 heteroatoms. The van der Waals surface area contributed by atoms with Crippen LogP contribution in [0, 0.1) is 0 Å². The molecule has 1 aromatic rings. The van der Waals surface area contributed by atoms with Crippen LogP contribution in [0.3, 0.4) is 0 Å². The quantitative estimate of drug-likeness (QED) is 0.738. The van der Waals surface area contributed by atoms with Gasteiger partial charge in [0.1, 0.15) is 6.04 Å². The zero-order chi connectivity index (χ0) is 14.3. The van der Waals surface area contributed by atoms with Crippen molar-refractivity contribution in [3.05, 3.63) is 29.8 Å². The Labute approximate surface area is 120 Å². The molecule has 0 spiro atoms. The van der Waals surface area contributed by atoms with Crippen LogP contribution in [-0.2, 0) is 4.79 Å². The number of thioether (sulfide) groups is 1. The van der Waals surface area contributed by atoms with Crippen molar-refractivity contribution in [3.63, 3.8) is 0 Å². The van der Waals surface area contributed by atoms with Gasteiger partial charge in [0.25, 0.3) is 0 Å². The summed E-state index contributed by atoms with van der Waals surface area (Å²) in [6, 6.07) is 7.30. The topological polar surface area (TPSA) is 40.5 Å². The molecule has 0 fully saturated rings. The highest BCUT2D eigenvalue weighted by Crippen LogP contribution is 2.24. The summed E-state index contributed by atoms with van der Waals surface area (Å²) < 4.78 is 0. The molecule has 1 rings (SSSR count). The van der Waals surface area contributed by atoms with Crippen LogP contribution in [0.15, 0.2) is 29.2 Å². The van der Waals surface area contributed by atoms with Crippen molar-refractivity contribution >= 4 is 17.7 Å². The summed E-state index contributed by atoms with van der Waals surface area (Å²) in [6.07, 6.45) is 4.12. The zero-order valence-electron chi connectivity index (χ0n) is 11.9. The van der Waals surface area contributed by atoms with Gasteiger partial charge < -0.3 is 5.11 Å². The van der Waals surface area contributed by atoms with Crippen molar-refractivity contribution < 1.29 is 9.90 Å². The summed E-state index contributed by atoms with van der Waals surface area (Å²) in [5, 5.41) is 9.51. The van der Waals surface area contributed by atoms with E-state index < -0.39 is 12.0 Å². The van der Waals surface area contributed by atoms with Crippen LogP contribution in [0.2, 0.25) is 0 Å². The van der Waals surface area contributed by atoms with Gasteiger partial charge in [-0.1, -0.05) is 32.4 Å². The van der Waals surface area contributed by atoms with E-state index in [1.54, 1.807) is 11.8 Å².